The molecule has 150 valence electrons. The Balaban J connectivity index is 1.60. The molecule has 0 radical (unpaired) electrons. The molecule has 2 aliphatic rings. The van der Waals surface area contributed by atoms with E-state index in [0.717, 1.165) is 0 Å². The van der Waals surface area contributed by atoms with Crippen LogP contribution >= 0.6 is 0 Å². The van der Waals surface area contributed by atoms with E-state index in [4.69, 9.17) is 0 Å². The molecule has 0 aliphatic heterocycles. The second-order valence-corrected chi connectivity index (χ2v) is 22.4. The number of hydrogen-bond acceptors (Lipinski definition) is 0. The summed E-state index contributed by atoms with van der Waals surface area (Å²) in [4.78, 5) is 5.27. The van der Waals surface area contributed by atoms with Crippen LogP contribution in [0.5, 0.6) is 0 Å². The van der Waals surface area contributed by atoms with Crippen LogP contribution < -0.4 is 3.58 Å². The van der Waals surface area contributed by atoms with Gasteiger partial charge in [0.1, 0.15) is 0 Å². The molecular formula is C30H26Sn. The van der Waals surface area contributed by atoms with Gasteiger partial charge in [-0.25, -0.2) is 0 Å². The van der Waals surface area contributed by atoms with Crippen molar-refractivity contribution in [1.82, 2.24) is 0 Å². The Bertz CT molecular complexity index is 1300. The molecule has 0 heterocycles. The predicted molar refractivity (Wildman–Crippen MR) is 135 cm³/mol. The summed E-state index contributed by atoms with van der Waals surface area (Å²) in [6.07, 6.45) is 2.16. The van der Waals surface area contributed by atoms with Crippen LogP contribution in [-0.4, -0.2) is 18.4 Å². The Morgan fingerprint density at radius 2 is 1.10 bits per heavy atom. The molecule has 2 aliphatic carbocycles. The summed E-state index contributed by atoms with van der Waals surface area (Å²) < 4.78 is 2.17. The fraction of sp³-hybridized carbons (Fsp3) is 0.133. The fourth-order valence-electron chi connectivity index (χ4n) is 6.20. The minimum atomic E-state index is -2.91. The molecule has 0 aromatic heterocycles. The van der Waals surface area contributed by atoms with Crippen molar-refractivity contribution in [3.8, 4) is 22.3 Å². The number of benzene rings is 4. The van der Waals surface area contributed by atoms with E-state index in [9.17, 15) is 0 Å². The fourth-order valence-corrected chi connectivity index (χ4v) is 17.3. The number of rotatable bonds is 3. The SMILES string of the molecule is C=CC1c2ccccc2-c2ccc[c]([Sn]([CH3])([CH3])[CH]3c4ccccc4-c4ccccc43)c21. The molecule has 6 rings (SSSR count). The normalized spacial score (nSPS) is 16.4. The van der Waals surface area contributed by atoms with Crippen molar-refractivity contribution in [2.45, 2.75) is 19.7 Å². The van der Waals surface area contributed by atoms with E-state index in [0.29, 0.717) is 9.85 Å². The third-order valence-corrected chi connectivity index (χ3v) is 18.6. The van der Waals surface area contributed by atoms with E-state index in [2.05, 4.69) is 114 Å². The molecule has 0 fully saturated rings. The Kier molecular flexibility index (Phi) is 4.30. The molecule has 0 saturated carbocycles. The maximum atomic E-state index is 4.26. The average Bonchev–Trinajstić information content (AvgIpc) is 3.32. The van der Waals surface area contributed by atoms with Crippen molar-refractivity contribution in [2.24, 2.45) is 0 Å². The summed E-state index contributed by atoms with van der Waals surface area (Å²) in [6.45, 7) is 4.26. The molecule has 4 aromatic carbocycles. The first-order valence-electron chi connectivity index (χ1n) is 11.2. The first-order chi connectivity index (χ1) is 15.1. The molecule has 0 spiro atoms. The van der Waals surface area contributed by atoms with Crippen LogP contribution in [-0.2, 0) is 0 Å². The van der Waals surface area contributed by atoms with Gasteiger partial charge < -0.3 is 0 Å². The Hall–Kier alpha value is -2.58. The van der Waals surface area contributed by atoms with E-state index >= 15 is 0 Å². The predicted octanol–water partition coefficient (Wildman–Crippen LogP) is 7.25. The second kappa shape index (κ2) is 6.96. The summed E-state index contributed by atoms with van der Waals surface area (Å²) in [6, 6.07) is 34.1. The number of allylic oxidation sites excluding steroid dienone is 1. The standard InChI is InChI=1S/C15H11.C13H9.2CH3.Sn/c1-2-11-12-7-3-5-9-14(12)15-10-6-4-8-13(11)15;1-3-7-12-10(5-1)9-11-6-2-4-8-13(11)12;;;/h2-7,9-11H,1H2;1-9H;2*1H3;. The third kappa shape index (κ3) is 2.61. The third-order valence-electron chi connectivity index (χ3n) is 7.49. The topological polar surface area (TPSA) is 0 Å². The molecule has 0 saturated heterocycles. The van der Waals surface area contributed by atoms with Crippen LogP contribution in [0.4, 0.5) is 0 Å². The average molecular weight is 505 g/mol. The van der Waals surface area contributed by atoms with Gasteiger partial charge in [0.2, 0.25) is 0 Å². The summed E-state index contributed by atoms with van der Waals surface area (Å²) in [5, 5.41) is 0. The van der Waals surface area contributed by atoms with E-state index in [-0.39, 0.29) is 0 Å². The van der Waals surface area contributed by atoms with Gasteiger partial charge in [-0.3, -0.25) is 0 Å². The molecule has 0 nitrogen and oxygen atoms in total. The van der Waals surface area contributed by atoms with Gasteiger partial charge in [0.15, 0.2) is 0 Å². The summed E-state index contributed by atoms with van der Waals surface area (Å²) in [5.74, 6) is 0.297. The van der Waals surface area contributed by atoms with E-state index in [1.807, 2.05) is 0 Å². The van der Waals surface area contributed by atoms with Crippen LogP contribution in [0.2, 0.25) is 9.88 Å². The minimum absolute atomic E-state index is 0.297. The molecule has 0 bridgehead atoms. The molecule has 1 unspecified atom stereocenters. The first kappa shape index (κ1) is 19.1. The van der Waals surface area contributed by atoms with Crippen molar-refractivity contribution < 1.29 is 0 Å². The van der Waals surface area contributed by atoms with Gasteiger partial charge in [-0.15, -0.1) is 0 Å². The number of hydrogen-bond donors (Lipinski definition) is 0. The van der Waals surface area contributed by atoms with Gasteiger partial charge in [0.05, 0.1) is 0 Å². The molecule has 0 amide bonds. The Labute approximate surface area is 189 Å². The monoisotopic (exact) mass is 506 g/mol. The van der Waals surface area contributed by atoms with Crippen molar-refractivity contribution in [3.63, 3.8) is 0 Å². The molecule has 31 heavy (non-hydrogen) atoms. The van der Waals surface area contributed by atoms with Gasteiger partial charge >= 0.3 is 190 Å². The van der Waals surface area contributed by atoms with Gasteiger partial charge in [-0.05, 0) is 0 Å². The Morgan fingerprint density at radius 3 is 1.68 bits per heavy atom. The zero-order chi connectivity index (χ0) is 21.2. The molecule has 4 aromatic rings. The van der Waals surface area contributed by atoms with E-state index in [1.165, 1.54) is 44.5 Å². The van der Waals surface area contributed by atoms with E-state index in [1.54, 1.807) is 3.58 Å². The van der Waals surface area contributed by atoms with Crippen LogP contribution in [0.3, 0.4) is 0 Å². The van der Waals surface area contributed by atoms with Gasteiger partial charge in [-0.1, -0.05) is 0 Å². The van der Waals surface area contributed by atoms with Crippen molar-refractivity contribution in [1.29, 1.82) is 0 Å². The van der Waals surface area contributed by atoms with Crippen molar-refractivity contribution in [2.75, 3.05) is 0 Å². The summed E-state index contributed by atoms with van der Waals surface area (Å²) in [7, 11) is 0. The molecule has 1 heteroatoms. The van der Waals surface area contributed by atoms with Crippen LogP contribution in [0, 0.1) is 0 Å². The second-order valence-electron chi connectivity index (χ2n) is 9.40. The van der Waals surface area contributed by atoms with Gasteiger partial charge in [0, 0.05) is 0 Å². The quantitative estimate of drug-likeness (QED) is 0.203. The molecule has 1 atom stereocenters. The van der Waals surface area contributed by atoms with Crippen molar-refractivity contribution in [3.05, 3.63) is 126 Å². The Morgan fingerprint density at radius 1 is 0.613 bits per heavy atom. The zero-order valence-electron chi connectivity index (χ0n) is 18.1. The first-order valence-corrected chi connectivity index (χ1v) is 19.9. The van der Waals surface area contributed by atoms with Crippen LogP contribution in [0.15, 0.2) is 104 Å². The van der Waals surface area contributed by atoms with Gasteiger partial charge in [-0.2, -0.15) is 0 Å². The number of fused-ring (bicyclic) bond motifs is 6. The summed E-state index contributed by atoms with van der Waals surface area (Å²) in [5.41, 5.74) is 11.7. The van der Waals surface area contributed by atoms with Crippen molar-refractivity contribution >= 4 is 22.0 Å². The maximum absolute atomic E-state index is 4.26. The van der Waals surface area contributed by atoms with E-state index < -0.39 is 18.4 Å². The molecular weight excluding hydrogens is 479 g/mol. The zero-order valence-corrected chi connectivity index (χ0v) is 21.0. The molecule has 0 N–H and O–H groups in total. The van der Waals surface area contributed by atoms with Gasteiger partial charge in [0.25, 0.3) is 0 Å². The van der Waals surface area contributed by atoms with Crippen LogP contribution in [0.1, 0.15) is 32.1 Å². The summed E-state index contributed by atoms with van der Waals surface area (Å²) >= 11 is -2.91. The van der Waals surface area contributed by atoms with Crippen LogP contribution in [0.25, 0.3) is 22.3 Å².